The first-order valence-corrected chi connectivity index (χ1v) is 15.2. The number of ether oxygens (including phenoxy) is 2. The zero-order valence-corrected chi connectivity index (χ0v) is 24.3. The Bertz CT molecular complexity index is 1820. The second kappa shape index (κ2) is 11.7. The van der Waals surface area contributed by atoms with Crippen LogP contribution in [0.5, 0.6) is 0 Å². The summed E-state index contributed by atoms with van der Waals surface area (Å²) < 4.78 is 19.3. The van der Waals surface area contributed by atoms with Gasteiger partial charge in [-0.2, -0.15) is 0 Å². The van der Waals surface area contributed by atoms with Gasteiger partial charge in [0, 0.05) is 44.0 Å². The smallest absolute Gasteiger partial charge is 0.409 e. The molecule has 43 heavy (non-hydrogen) atoms. The van der Waals surface area contributed by atoms with E-state index in [1.54, 1.807) is 4.90 Å². The summed E-state index contributed by atoms with van der Waals surface area (Å²) >= 11 is 0. The lowest BCUT2D eigenvalue weighted by molar-refractivity contribution is 0.0430. The lowest BCUT2D eigenvalue weighted by atomic mass is 9.93. The fraction of sp³-hybridized carbons (Fsp3) is 0.438. The molecule has 1 N–H and O–H groups in total. The van der Waals surface area contributed by atoms with Crippen molar-refractivity contribution in [2.24, 2.45) is 5.92 Å². The van der Waals surface area contributed by atoms with E-state index in [9.17, 15) is 9.59 Å². The molecule has 2 aromatic carbocycles. The van der Waals surface area contributed by atoms with Crippen molar-refractivity contribution in [3.8, 4) is 0 Å². The molecule has 1 amide bonds. The molecule has 2 atom stereocenters. The van der Waals surface area contributed by atoms with Crippen molar-refractivity contribution in [3.05, 3.63) is 64.8 Å². The molecule has 0 bridgehead atoms. The monoisotopic (exact) mass is 584 g/mol. The molecule has 0 spiro atoms. The third-order valence-electron chi connectivity index (χ3n) is 8.65. The van der Waals surface area contributed by atoms with Crippen LogP contribution in [0.1, 0.15) is 38.1 Å². The molecule has 1 unspecified atom stereocenters. The van der Waals surface area contributed by atoms with Crippen LogP contribution in [-0.4, -0.2) is 76.5 Å². The number of H-pyrrole nitrogens is 1. The highest BCUT2D eigenvalue weighted by atomic mass is 16.6. The Morgan fingerprint density at radius 1 is 1.02 bits per heavy atom. The van der Waals surface area contributed by atoms with Crippen LogP contribution >= 0.6 is 0 Å². The number of aromatic amines is 1. The standard InChI is InChI=1S/C32H36N6O5/c1-21-20-37(16-12-24(21)38-25-10-4-3-9-23(25)33-31(38)39)32(40)42-19-18-41-17-13-27-34-28-22-8-2-5-11-26(22)43-29(28)30(35-27)36-14-6-7-15-36/h2-5,8-11,21,24H,6-7,12-20H2,1H3,(H,33,39)/t21-,24?/m0/s1. The van der Waals surface area contributed by atoms with E-state index in [-0.39, 0.29) is 30.3 Å². The van der Waals surface area contributed by atoms with E-state index in [1.165, 1.54) is 0 Å². The highest BCUT2D eigenvalue weighted by Crippen LogP contribution is 2.34. The van der Waals surface area contributed by atoms with E-state index in [2.05, 4.69) is 16.8 Å². The highest BCUT2D eigenvalue weighted by Gasteiger charge is 2.32. The average molecular weight is 585 g/mol. The zero-order chi connectivity index (χ0) is 29.3. The predicted molar refractivity (Wildman–Crippen MR) is 164 cm³/mol. The Labute approximate surface area is 248 Å². The van der Waals surface area contributed by atoms with Gasteiger partial charge in [0.25, 0.3) is 0 Å². The molecule has 2 fully saturated rings. The number of furan rings is 1. The van der Waals surface area contributed by atoms with Crippen LogP contribution in [0.25, 0.3) is 33.1 Å². The average Bonchev–Trinajstić information content (AvgIpc) is 3.76. The number of piperidine rings is 1. The van der Waals surface area contributed by atoms with Gasteiger partial charge in [-0.3, -0.25) is 4.57 Å². The molecular formula is C32H36N6O5. The number of anilines is 1. The molecule has 7 rings (SSSR count). The summed E-state index contributed by atoms with van der Waals surface area (Å²) in [6, 6.07) is 15.7. The van der Waals surface area contributed by atoms with E-state index in [1.807, 2.05) is 53.1 Å². The lowest BCUT2D eigenvalue weighted by Gasteiger charge is -2.36. The second-order valence-electron chi connectivity index (χ2n) is 11.5. The van der Waals surface area contributed by atoms with Crippen molar-refractivity contribution < 1.29 is 18.7 Å². The maximum Gasteiger partial charge on any atom is 0.409 e. The number of carbonyl (C=O) groups excluding carboxylic acids is 1. The van der Waals surface area contributed by atoms with Crippen LogP contribution in [0, 0.1) is 5.92 Å². The number of amides is 1. The second-order valence-corrected chi connectivity index (χ2v) is 11.5. The number of para-hydroxylation sites is 3. The Kier molecular flexibility index (Phi) is 7.48. The summed E-state index contributed by atoms with van der Waals surface area (Å²) in [6.45, 7) is 5.92. The van der Waals surface area contributed by atoms with Gasteiger partial charge in [-0.15, -0.1) is 0 Å². The molecule has 5 heterocycles. The molecule has 2 saturated heterocycles. The van der Waals surface area contributed by atoms with Crippen molar-refractivity contribution in [2.45, 2.75) is 38.6 Å². The summed E-state index contributed by atoms with van der Waals surface area (Å²) in [5.74, 6) is 1.67. The predicted octanol–water partition coefficient (Wildman–Crippen LogP) is 4.90. The van der Waals surface area contributed by atoms with Gasteiger partial charge in [0.15, 0.2) is 11.4 Å². The third kappa shape index (κ3) is 5.33. The minimum Gasteiger partial charge on any atom is -0.450 e. The van der Waals surface area contributed by atoms with Crippen LogP contribution in [-0.2, 0) is 15.9 Å². The summed E-state index contributed by atoms with van der Waals surface area (Å²) in [6.07, 6.45) is 3.16. The highest BCUT2D eigenvalue weighted by molar-refractivity contribution is 6.05. The first kappa shape index (κ1) is 27.5. The van der Waals surface area contributed by atoms with E-state index >= 15 is 0 Å². The summed E-state index contributed by atoms with van der Waals surface area (Å²) in [5.41, 5.74) is 4.01. The van der Waals surface area contributed by atoms with Crippen LogP contribution in [0.15, 0.2) is 57.7 Å². The van der Waals surface area contributed by atoms with Gasteiger partial charge >= 0.3 is 11.8 Å². The maximum absolute atomic E-state index is 12.8. The molecule has 0 saturated carbocycles. The number of hydrogen-bond donors (Lipinski definition) is 1. The maximum atomic E-state index is 12.8. The van der Waals surface area contributed by atoms with Crippen LogP contribution in [0.2, 0.25) is 0 Å². The number of carbonyl (C=O) groups is 1. The molecule has 224 valence electrons. The molecular weight excluding hydrogens is 548 g/mol. The van der Waals surface area contributed by atoms with Gasteiger partial charge in [-0.25, -0.2) is 19.6 Å². The van der Waals surface area contributed by atoms with E-state index in [0.717, 1.165) is 64.9 Å². The van der Waals surface area contributed by atoms with Crippen LogP contribution in [0.3, 0.4) is 0 Å². The number of fused-ring (bicyclic) bond motifs is 4. The summed E-state index contributed by atoms with van der Waals surface area (Å²) in [7, 11) is 0. The van der Waals surface area contributed by atoms with Gasteiger partial charge in [0.05, 0.1) is 24.2 Å². The summed E-state index contributed by atoms with van der Waals surface area (Å²) in [4.78, 5) is 42.1. The van der Waals surface area contributed by atoms with Crippen molar-refractivity contribution in [1.29, 1.82) is 0 Å². The van der Waals surface area contributed by atoms with Crippen LogP contribution < -0.4 is 10.6 Å². The number of imidazole rings is 1. The number of rotatable bonds is 8. The topological polar surface area (TPSA) is 119 Å². The van der Waals surface area contributed by atoms with Gasteiger partial charge in [0.2, 0.25) is 0 Å². The minimum absolute atomic E-state index is 0.0171. The molecule has 0 radical (unpaired) electrons. The van der Waals surface area contributed by atoms with Crippen LogP contribution in [0.4, 0.5) is 10.6 Å². The van der Waals surface area contributed by atoms with Gasteiger partial charge in [-0.05, 0) is 49.4 Å². The van der Waals surface area contributed by atoms with E-state index in [0.29, 0.717) is 45.0 Å². The van der Waals surface area contributed by atoms with Crippen molar-refractivity contribution in [3.63, 3.8) is 0 Å². The van der Waals surface area contributed by atoms with Gasteiger partial charge < -0.3 is 28.7 Å². The molecule has 11 heteroatoms. The minimum atomic E-state index is -0.351. The molecule has 2 aliphatic heterocycles. The molecule has 2 aliphatic rings. The number of nitrogens with zero attached hydrogens (tertiary/aromatic N) is 5. The zero-order valence-electron chi connectivity index (χ0n) is 24.3. The first-order chi connectivity index (χ1) is 21.1. The Hall–Kier alpha value is -4.38. The molecule has 3 aromatic heterocycles. The van der Waals surface area contributed by atoms with Gasteiger partial charge in [-0.1, -0.05) is 31.2 Å². The number of likely N-dealkylation sites (tertiary alicyclic amines) is 1. The lowest BCUT2D eigenvalue weighted by Crippen LogP contribution is -2.45. The molecule has 0 aliphatic carbocycles. The summed E-state index contributed by atoms with van der Waals surface area (Å²) in [5, 5.41) is 0.987. The Morgan fingerprint density at radius 2 is 1.84 bits per heavy atom. The fourth-order valence-electron chi connectivity index (χ4n) is 6.51. The van der Waals surface area contributed by atoms with E-state index in [4.69, 9.17) is 23.9 Å². The quantitative estimate of drug-likeness (QED) is 0.256. The molecule has 11 nitrogen and oxygen atoms in total. The SMILES string of the molecule is C[C@H]1CN(C(=O)OCCOCCc2nc(N3CCCC3)c3oc4ccccc4c3n2)CCC1n1c(=O)[nH]c2ccccc21. The Morgan fingerprint density at radius 3 is 2.70 bits per heavy atom. The fourth-order valence-corrected chi connectivity index (χ4v) is 6.51. The normalized spacial score (nSPS) is 19.2. The third-order valence-corrected chi connectivity index (χ3v) is 8.65. The number of nitrogens with one attached hydrogen (secondary N) is 1. The number of hydrogen-bond acceptors (Lipinski definition) is 8. The van der Waals surface area contributed by atoms with Crippen molar-refractivity contribution >= 4 is 45.0 Å². The number of aromatic nitrogens is 4. The largest absolute Gasteiger partial charge is 0.450 e. The van der Waals surface area contributed by atoms with Gasteiger partial charge in [0.1, 0.15) is 23.5 Å². The Balaban J connectivity index is 0.911. The molecule has 5 aromatic rings. The van der Waals surface area contributed by atoms with Crippen molar-refractivity contribution in [1.82, 2.24) is 24.4 Å². The van der Waals surface area contributed by atoms with Crippen molar-refractivity contribution in [2.75, 3.05) is 50.9 Å². The number of benzene rings is 2. The first-order valence-electron chi connectivity index (χ1n) is 15.2. The van der Waals surface area contributed by atoms with E-state index < -0.39 is 0 Å².